The van der Waals surface area contributed by atoms with E-state index >= 15 is 0 Å². The molecule has 24 heavy (non-hydrogen) atoms. The Labute approximate surface area is 144 Å². The zero-order valence-electron chi connectivity index (χ0n) is 13.0. The topological polar surface area (TPSA) is 60.2 Å². The number of rotatable bonds is 4. The van der Waals surface area contributed by atoms with Crippen LogP contribution >= 0.6 is 11.6 Å². The molecule has 0 aliphatic carbocycles. The molecule has 0 saturated heterocycles. The van der Waals surface area contributed by atoms with E-state index in [1.807, 2.05) is 24.3 Å². The quantitative estimate of drug-likeness (QED) is 0.781. The Morgan fingerprint density at radius 3 is 3.12 bits per heavy atom. The summed E-state index contributed by atoms with van der Waals surface area (Å²) in [7, 11) is 0. The first kappa shape index (κ1) is 15.2. The Bertz CT molecular complexity index is 904. The van der Waals surface area contributed by atoms with Gasteiger partial charge in [0.15, 0.2) is 5.58 Å². The van der Waals surface area contributed by atoms with Crippen molar-refractivity contribution in [2.75, 3.05) is 13.1 Å². The molecule has 122 valence electrons. The lowest BCUT2D eigenvalue weighted by atomic mass is 10.1. The monoisotopic (exact) mass is 341 g/mol. The highest BCUT2D eigenvalue weighted by atomic mass is 35.5. The summed E-state index contributed by atoms with van der Waals surface area (Å²) in [5.41, 5.74) is 3.56. The molecule has 0 fully saturated rings. The second-order valence-corrected chi connectivity index (χ2v) is 5.96. The lowest BCUT2D eigenvalue weighted by molar-refractivity contribution is 0.289. The number of furan rings is 1. The van der Waals surface area contributed by atoms with Crippen LogP contribution in [0.1, 0.15) is 17.8 Å². The summed E-state index contributed by atoms with van der Waals surface area (Å²) in [5, 5.41) is 4.71. The first-order chi connectivity index (χ1) is 11.8. The van der Waals surface area contributed by atoms with E-state index in [-0.39, 0.29) is 6.61 Å². The molecule has 4 rings (SSSR count). The fraction of sp³-hybridized carbons (Fsp3) is 0.222. The van der Waals surface area contributed by atoms with Gasteiger partial charge in [0.05, 0.1) is 17.0 Å². The Balaban J connectivity index is 1.54. The smallest absolute Gasteiger partial charge is 0.214 e. The van der Waals surface area contributed by atoms with Crippen LogP contribution in [0.3, 0.4) is 0 Å². The highest BCUT2D eigenvalue weighted by Gasteiger charge is 2.12. The molecule has 3 aromatic heterocycles. The zero-order chi connectivity index (χ0) is 16.4. The Hall–Kier alpha value is -2.37. The van der Waals surface area contributed by atoms with Gasteiger partial charge in [-0.3, -0.25) is 4.98 Å². The van der Waals surface area contributed by atoms with Gasteiger partial charge in [0.25, 0.3) is 0 Å². The molecule has 3 aromatic rings. The van der Waals surface area contributed by atoms with Crippen LogP contribution in [0.15, 0.2) is 47.2 Å². The van der Waals surface area contributed by atoms with E-state index in [0.29, 0.717) is 22.2 Å². The number of aromatic nitrogens is 2. The molecule has 0 saturated carbocycles. The molecule has 0 atom stereocenters. The van der Waals surface area contributed by atoms with Crippen molar-refractivity contribution in [1.82, 2.24) is 15.3 Å². The largest absolute Gasteiger partial charge is 0.471 e. The van der Waals surface area contributed by atoms with Gasteiger partial charge in [-0.1, -0.05) is 23.7 Å². The maximum atomic E-state index is 6.11. The SMILES string of the molecule is Clc1cnc(COc2cccc(C3=CCNCC3)n2)c2occc12. The van der Waals surface area contributed by atoms with Gasteiger partial charge in [-0.2, -0.15) is 0 Å². The van der Waals surface area contributed by atoms with Crippen molar-refractivity contribution in [3.63, 3.8) is 0 Å². The van der Waals surface area contributed by atoms with Crippen molar-refractivity contribution in [1.29, 1.82) is 0 Å². The van der Waals surface area contributed by atoms with E-state index in [4.69, 9.17) is 20.8 Å². The van der Waals surface area contributed by atoms with Crippen LogP contribution in [0, 0.1) is 0 Å². The van der Waals surface area contributed by atoms with Gasteiger partial charge in [0.1, 0.15) is 12.3 Å². The third-order valence-corrected chi connectivity index (χ3v) is 4.29. The third kappa shape index (κ3) is 3.00. The van der Waals surface area contributed by atoms with Crippen LogP contribution < -0.4 is 10.1 Å². The molecular formula is C18H16ClN3O2. The highest BCUT2D eigenvalue weighted by Crippen LogP contribution is 2.26. The number of halogens is 1. The molecule has 0 radical (unpaired) electrons. The number of hydrogen-bond acceptors (Lipinski definition) is 5. The lowest BCUT2D eigenvalue weighted by Crippen LogP contribution is -2.20. The summed E-state index contributed by atoms with van der Waals surface area (Å²) in [6.07, 6.45) is 6.36. The van der Waals surface area contributed by atoms with Crippen molar-refractivity contribution in [3.05, 3.63) is 59.2 Å². The van der Waals surface area contributed by atoms with Crippen LogP contribution in [0.2, 0.25) is 5.02 Å². The zero-order valence-corrected chi connectivity index (χ0v) is 13.7. The van der Waals surface area contributed by atoms with Gasteiger partial charge in [-0.05, 0) is 30.7 Å². The maximum absolute atomic E-state index is 6.11. The highest BCUT2D eigenvalue weighted by molar-refractivity contribution is 6.35. The normalized spacial score (nSPS) is 14.6. The molecule has 0 bridgehead atoms. The number of hydrogen-bond donors (Lipinski definition) is 1. The minimum absolute atomic E-state index is 0.276. The van der Waals surface area contributed by atoms with E-state index in [1.165, 1.54) is 5.57 Å². The van der Waals surface area contributed by atoms with E-state index in [2.05, 4.69) is 21.4 Å². The minimum Gasteiger partial charge on any atom is -0.471 e. The predicted octanol–water partition coefficient (Wildman–Crippen LogP) is 3.83. The molecule has 6 heteroatoms. The lowest BCUT2D eigenvalue weighted by Gasteiger charge is -2.14. The standard InChI is InChI=1S/C18H16ClN3O2/c19-14-10-21-16(18-13(14)6-9-23-18)11-24-17-3-1-2-15(22-17)12-4-7-20-8-5-12/h1-4,6,9-10,20H,5,7-8,11H2. The van der Waals surface area contributed by atoms with Crippen LogP contribution in [-0.2, 0) is 6.61 Å². The number of pyridine rings is 2. The average Bonchev–Trinajstić information content (AvgIpc) is 3.13. The number of nitrogens with zero attached hydrogens (tertiary/aromatic N) is 2. The average molecular weight is 342 g/mol. The second kappa shape index (κ2) is 6.63. The molecule has 1 aliphatic rings. The van der Waals surface area contributed by atoms with Gasteiger partial charge >= 0.3 is 0 Å². The molecule has 0 amide bonds. The number of fused-ring (bicyclic) bond motifs is 1. The summed E-state index contributed by atoms with van der Waals surface area (Å²) < 4.78 is 11.3. The van der Waals surface area contributed by atoms with Crippen LogP contribution in [0.5, 0.6) is 5.88 Å². The van der Waals surface area contributed by atoms with Gasteiger partial charge < -0.3 is 14.5 Å². The molecule has 4 heterocycles. The van der Waals surface area contributed by atoms with E-state index in [1.54, 1.807) is 12.5 Å². The Morgan fingerprint density at radius 1 is 1.29 bits per heavy atom. The Morgan fingerprint density at radius 2 is 2.25 bits per heavy atom. The van der Waals surface area contributed by atoms with Crippen molar-refractivity contribution >= 4 is 28.1 Å². The number of ether oxygens (including phenoxy) is 1. The molecule has 1 aliphatic heterocycles. The third-order valence-electron chi connectivity index (χ3n) is 3.99. The molecule has 1 N–H and O–H groups in total. The van der Waals surface area contributed by atoms with Crippen LogP contribution in [0.25, 0.3) is 16.5 Å². The summed E-state index contributed by atoms with van der Waals surface area (Å²) >= 11 is 6.11. The van der Waals surface area contributed by atoms with E-state index < -0.39 is 0 Å². The molecule has 0 unspecified atom stereocenters. The maximum Gasteiger partial charge on any atom is 0.214 e. The van der Waals surface area contributed by atoms with Gasteiger partial charge in [-0.15, -0.1) is 0 Å². The van der Waals surface area contributed by atoms with Gasteiger partial charge in [0.2, 0.25) is 5.88 Å². The fourth-order valence-electron chi connectivity index (χ4n) is 2.76. The van der Waals surface area contributed by atoms with Crippen molar-refractivity contribution in [2.24, 2.45) is 0 Å². The van der Waals surface area contributed by atoms with Crippen LogP contribution in [0.4, 0.5) is 0 Å². The summed E-state index contributed by atoms with van der Waals surface area (Å²) in [6, 6.07) is 7.64. The van der Waals surface area contributed by atoms with Crippen molar-refractivity contribution < 1.29 is 9.15 Å². The minimum atomic E-state index is 0.276. The molecule has 5 nitrogen and oxygen atoms in total. The molecule has 0 spiro atoms. The number of nitrogens with one attached hydrogen (secondary N) is 1. The van der Waals surface area contributed by atoms with Crippen molar-refractivity contribution in [2.45, 2.75) is 13.0 Å². The second-order valence-electron chi connectivity index (χ2n) is 5.55. The first-order valence-corrected chi connectivity index (χ1v) is 8.19. The summed E-state index contributed by atoms with van der Waals surface area (Å²) in [6.45, 7) is 2.13. The summed E-state index contributed by atoms with van der Waals surface area (Å²) in [5.74, 6) is 0.573. The van der Waals surface area contributed by atoms with E-state index in [0.717, 1.165) is 30.6 Å². The predicted molar refractivity (Wildman–Crippen MR) is 93.1 cm³/mol. The van der Waals surface area contributed by atoms with Gasteiger partial charge in [-0.25, -0.2) is 4.98 Å². The molecular weight excluding hydrogens is 326 g/mol. The van der Waals surface area contributed by atoms with Crippen molar-refractivity contribution in [3.8, 4) is 5.88 Å². The van der Waals surface area contributed by atoms with E-state index in [9.17, 15) is 0 Å². The summed E-state index contributed by atoms with van der Waals surface area (Å²) in [4.78, 5) is 8.90. The Kier molecular flexibility index (Phi) is 4.19. The first-order valence-electron chi connectivity index (χ1n) is 7.82. The van der Waals surface area contributed by atoms with Gasteiger partial charge in [0, 0.05) is 24.2 Å². The molecule has 0 aromatic carbocycles. The fourth-order valence-corrected chi connectivity index (χ4v) is 2.96. The van der Waals surface area contributed by atoms with Crippen LogP contribution in [-0.4, -0.2) is 23.1 Å².